The van der Waals surface area contributed by atoms with E-state index in [9.17, 15) is 0 Å². The number of aliphatic hydroxyl groups excluding tert-OH is 2. The largest absolute Gasteiger partial charge is 0.394 e. The first-order chi connectivity index (χ1) is 6.61. The summed E-state index contributed by atoms with van der Waals surface area (Å²) < 4.78 is 0. The van der Waals surface area contributed by atoms with Crippen molar-refractivity contribution in [2.45, 2.75) is 20.0 Å². The van der Waals surface area contributed by atoms with Crippen LogP contribution >= 0.6 is 0 Å². The Morgan fingerprint density at radius 2 is 1.93 bits per heavy atom. The van der Waals surface area contributed by atoms with Gasteiger partial charge >= 0.3 is 0 Å². The average molecular weight is 197 g/mol. The summed E-state index contributed by atoms with van der Waals surface area (Å²) in [7, 11) is 0. The Kier molecular flexibility index (Phi) is 3.79. The van der Waals surface area contributed by atoms with Crippen molar-refractivity contribution in [3.8, 4) is 0 Å². The van der Waals surface area contributed by atoms with Crippen molar-refractivity contribution in [2.75, 3.05) is 18.5 Å². The fourth-order valence-electron chi connectivity index (χ4n) is 1.08. The Labute approximate surface area is 82.8 Å². The summed E-state index contributed by atoms with van der Waals surface area (Å²) in [6, 6.07) is 1.87. The van der Waals surface area contributed by atoms with Crippen LogP contribution < -0.4 is 5.32 Å². The minimum absolute atomic E-state index is 0.249. The van der Waals surface area contributed by atoms with Gasteiger partial charge in [-0.3, -0.25) is 0 Å². The molecular weight excluding hydrogens is 182 g/mol. The number of aliphatic hydroxyl groups is 2. The van der Waals surface area contributed by atoms with Gasteiger partial charge in [-0.15, -0.1) is 0 Å². The van der Waals surface area contributed by atoms with E-state index >= 15 is 0 Å². The van der Waals surface area contributed by atoms with Gasteiger partial charge in [0, 0.05) is 17.9 Å². The lowest BCUT2D eigenvalue weighted by atomic mass is 10.3. The van der Waals surface area contributed by atoms with Crippen LogP contribution in [0.4, 0.5) is 5.95 Å². The number of aromatic nitrogens is 2. The maximum Gasteiger partial charge on any atom is 0.223 e. The van der Waals surface area contributed by atoms with Crippen molar-refractivity contribution >= 4 is 5.95 Å². The third-order valence-corrected chi connectivity index (χ3v) is 1.69. The SMILES string of the molecule is Cc1cc(C)nc(NCC(O)CO)n1. The van der Waals surface area contributed by atoms with E-state index in [1.165, 1.54) is 0 Å². The minimum atomic E-state index is -0.778. The fraction of sp³-hybridized carbons (Fsp3) is 0.556. The van der Waals surface area contributed by atoms with E-state index in [0.717, 1.165) is 11.4 Å². The average Bonchev–Trinajstić information content (AvgIpc) is 2.12. The molecule has 14 heavy (non-hydrogen) atoms. The number of nitrogens with one attached hydrogen (secondary N) is 1. The summed E-state index contributed by atoms with van der Waals surface area (Å²) in [4.78, 5) is 8.25. The Morgan fingerprint density at radius 3 is 2.43 bits per heavy atom. The molecule has 3 N–H and O–H groups in total. The summed E-state index contributed by atoms with van der Waals surface area (Å²) in [5.74, 6) is 0.481. The number of aryl methyl sites for hydroxylation is 2. The van der Waals surface area contributed by atoms with Crippen LogP contribution in [0, 0.1) is 13.8 Å². The molecule has 1 unspecified atom stereocenters. The number of rotatable bonds is 4. The number of nitrogens with zero attached hydrogens (tertiary/aromatic N) is 2. The molecule has 1 aromatic rings. The van der Waals surface area contributed by atoms with Crippen molar-refractivity contribution in [3.63, 3.8) is 0 Å². The summed E-state index contributed by atoms with van der Waals surface area (Å²) in [6.45, 7) is 3.74. The standard InChI is InChI=1S/C9H15N3O2/c1-6-3-7(2)12-9(11-6)10-4-8(14)5-13/h3,8,13-14H,4-5H2,1-2H3,(H,10,11,12). The predicted molar refractivity (Wildman–Crippen MR) is 53.1 cm³/mol. The highest BCUT2D eigenvalue weighted by molar-refractivity contribution is 5.27. The van der Waals surface area contributed by atoms with Gasteiger partial charge in [-0.2, -0.15) is 0 Å². The summed E-state index contributed by atoms with van der Waals surface area (Å²) in [5.41, 5.74) is 1.75. The van der Waals surface area contributed by atoms with Gasteiger partial charge in [0.25, 0.3) is 0 Å². The molecule has 0 radical (unpaired) electrons. The molecule has 0 aromatic carbocycles. The molecular formula is C9H15N3O2. The van der Waals surface area contributed by atoms with Crippen LogP contribution in [-0.2, 0) is 0 Å². The molecule has 0 amide bonds. The van der Waals surface area contributed by atoms with Crippen LogP contribution in [0.15, 0.2) is 6.07 Å². The van der Waals surface area contributed by atoms with Crippen LogP contribution in [0.5, 0.6) is 0 Å². The number of hydrogen-bond acceptors (Lipinski definition) is 5. The highest BCUT2D eigenvalue weighted by Crippen LogP contribution is 2.03. The molecule has 5 heteroatoms. The van der Waals surface area contributed by atoms with E-state index in [1.54, 1.807) is 0 Å². The van der Waals surface area contributed by atoms with Gasteiger partial charge in [0.2, 0.25) is 5.95 Å². The van der Waals surface area contributed by atoms with Gasteiger partial charge in [-0.25, -0.2) is 9.97 Å². The Bertz CT molecular complexity index is 284. The fourth-order valence-corrected chi connectivity index (χ4v) is 1.08. The minimum Gasteiger partial charge on any atom is -0.394 e. The predicted octanol–water partition coefficient (Wildman–Crippen LogP) is -0.141. The number of anilines is 1. The molecule has 0 fully saturated rings. The van der Waals surface area contributed by atoms with Crippen molar-refractivity contribution in [2.24, 2.45) is 0 Å². The zero-order valence-corrected chi connectivity index (χ0v) is 8.36. The topological polar surface area (TPSA) is 78.3 Å². The molecule has 0 bridgehead atoms. The maximum atomic E-state index is 9.09. The molecule has 1 atom stereocenters. The molecule has 0 aliphatic rings. The first-order valence-electron chi connectivity index (χ1n) is 4.47. The lowest BCUT2D eigenvalue weighted by Gasteiger charge is -2.09. The summed E-state index contributed by atoms with van der Waals surface area (Å²) in [5, 5.41) is 20.5. The van der Waals surface area contributed by atoms with E-state index in [1.807, 2.05) is 19.9 Å². The van der Waals surface area contributed by atoms with E-state index < -0.39 is 6.10 Å². The van der Waals surface area contributed by atoms with Crippen LogP contribution in [0.25, 0.3) is 0 Å². The lowest BCUT2D eigenvalue weighted by molar-refractivity contribution is 0.105. The van der Waals surface area contributed by atoms with Gasteiger partial charge in [-0.1, -0.05) is 0 Å². The molecule has 0 aliphatic carbocycles. The van der Waals surface area contributed by atoms with Crippen molar-refractivity contribution in [1.29, 1.82) is 0 Å². The van der Waals surface area contributed by atoms with E-state index in [2.05, 4.69) is 15.3 Å². The highest BCUT2D eigenvalue weighted by atomic mass is 16.3. The third-order valence-electron chi connectivity index (χ3n) is 1.69. The second kappa shape index (κ2) is 4.88. The molecule has 78 valence electrons. The molecule has 0 saturated heterocycles. The van der Waals surface area contributed by atoms with Crippen LogP contribution in [0.2, 0.25) is 0 Å². The highest BCUT2D eigenvalue weighted by Gasteiger charge is 2.03. The second-order valence-electron chi connectivity index (χ2n) is 3.19. The smallest absolute Gasteiger partial charge is 0.223 e. The van der Waals surface area contributed by atoms with Crippen molar-refractivity contribution in [1.82, 2.24) is 9.97 Å². The lowest BCUT2D eigenvalue weighted by Crippen LogP contribution is -2.24. The van der Waals surface area contributed by atoms with Crippen LogP contribution in [0.1, 0.15) is 11.4 Å². The van der Waals surface area contributed by atoms with Gasteiger partial charge in [-0.05, 0) is 19.9 Å². The Morgan fingerprint density at radius 1 is 1.36 bits per heavy atom. The number of hydrogen-bond donors (Lipinski definition) is 3. The molecule has 0 aliphatic heterocycles. The first-order valence-corrected chi connectivity index (χ1v) is 4.47. The maximum absolute atomic E-state index is 9.09. The molecule has 5 nitrogen and oxygen atoms in total. The first kappa shape index (κ1) is 10.9. The molecule has 0 spiro atoms. The van der Waals surface area contributed by atoms with E-state index in [4.69, 9.17) is 10.2 Å². The van der Waals surface area contributed by atoms with Gasteiger partial charge in [0.05, 0.1) is 12.7 Å². The zero-order valence-electron chi connectivity index (χ0n) is 8.36. The molecule has 0 saturated carbocycles. The van der Waals surface area contributed by atoms with Crippen LogP contribution in [0.3, 0.4) is 0 Å². The van der Waals surface area contributed by atoms with Crippen molar-refractivity contribution < 1.29 is 10.2 Å². The second-order valence-corrected chi connectivity index (χ2v) is 3.19. The van der Waals surface area contributed by atoms with E-state index in [-0.39, 0.29) is 13.2 Å². The quantitative estimate of drug-likeness (QED) is 0.626. The molecule has 1 heterocycles. The monoisotopic (exact) mass is 197 g/mol. The molecule has 1 aromatic heterocycles. The molecule has 1 rings (SSSR count). The summed E-state index contributed by atoms with van der Waals surface area (Å²) in [6.07, 6.45) is -0.778. The normalized spacial score (nSPS) is 12.6. The Hall–Kier alpha value is -1.20. The van der Waals surface area contributed by atoms with Gasteiger partial charge in [0.15, 0.2) is 0 Å². The summed E-state index contributed by atoms with van der Waals surface area (Å²) >= 11 is 0. The Balaban J connectivity index is 2.58. The van der Waals surface area contributed by atoms with Gasteiger partial charge in [0.1, 0.15) is 0 Å². The van der Waals surface area contributed by atoms with Crippen LogP contribution in [-0.4, -0.2) is 39.4 Å². The van der Waals surface area contributed by atoms with Crippen molar-refractivity contribution in [3.05, 3.63) is 17.5 Å². The third kappa shape index (κ3) is 3.27. The van der Waals surface area contributed by atoms with Gasteiger partial charge < -0.3 is 15.5 Å². The van der Waals surface area contributed by atoms with E-state index in [0.29, 0.717) is 5.95 Å². The zero-order chi connectivity index (χ0) is 10.6.